The van der Waals surface area contributed by atoms with Crippen molar-refractivity contribution in [2.24, 2.45) is 5.92 Å². The molecule has 1 aliphatic rings. The van der Waals surface area contributed by atoms with Crippen LogP contribution in [0.25, 0.3) is 0 Å². The second-order valence-electron chi connectivity index (χ2n) is 4.27. The minimum Gasteiger partial charge on any atom is -0.393 e. The van der Waals surface area contributed by atoms with Crippen LogP contribution in [0.15, 0.2) is 11.1 Å². The van der Waals surface area contributed by atoms with E-state index < -0.39 is 0 Å². The molecule has 14 heavy (non-hydrogen) atoms. The van der Waals surface area contributed by atoms with Crippen LogP contribution in [-0.4, -0.2) is 24.3 Å². The third kappa shape index (κ3) is 4.45. The quantitative estimate of drug-likeness (QED) is 0.758. The van der Waals surface area contributed by atoms with Gasteiger partial charge in [-0.25, -0.2) is 0 Å². The van der Waals surface area contributed by atoms with E-state index >= 15 is 0 Å². The first-order chi connectivity index (χ1) is 6.72. The molecule has 1 aliphatic carbocycles. The standard InChI is InChI=1S/C11H20ClNO/c1-9(6-12)7-13-8-10-3-2-4-11(14)5-10/h6,10-11,13-14H,2-5,7-8H2,1H3. The van der Waals surface area contributed by atoms with E-state index in [1.165, 1.54) is 6.42 Å². The second-order valence-corrected chi connectivity index (χ2v) is 4.49. The molecule has 1 saturated carbocycles. The molecule has 0 aliphatic heterocycles. The summed E-state index contributed by atoms with van der Waals surface area (Å²) in [5.74, 6) is 0.641. The summed E-state index contributed by atoms with van der Waals surface area (Å²) in [6.07, 6.45) is 4.28. The normalized spacial score (nSPS) is 29.2. The van der Waals surface area contributed by atoms with Gasteiger partial charge < -0.3 is 10.4 Å². The molecule has 82 valence electrons. The van der Waals surface area contributed by atoms with E-state index in [2.05, 4.69) is 5.32 Å². The molecule has 1 rings (SSSR count). The van der Waals surface area contributed by atoms with E-state index in [-0.39, 0.29) is 6.10 Å². The zero-order valence-corrected chi connectivity index (χ0v) is 9.56. The molecule has 2 N–H and O–H groups in total. The van der Waals surface area contributed by atoms with Crippen LogP contribution in [0.2, 0.25) is 0 Å². The van der Waals surface area contributed by atoms with E-state index in [0.29, 0.717) is 5.92 Å². The Labute approximate surface area is 91.3 Å². The lowest BCUT2D eigenvalue weighted by molar-refractivity contribution is 0.101. The Morgan fingerprint density at radius 1 is 1.57 bits per heavy atom. The fourth-order valence-corrected chi connectivity index (χ4v) is 2.04. The van der Waals surface area contributed by atoms with Crippen LogP contribution in [0.5, 0.6) is 0 Å². The minimum absolute atomic E-state index is 0.0692. The van der Waals surface area contributed by atoms with Gasteiger partial charge in [0.2, 0.25) is 0 Å². The molecule has 0 amide bonds. The first-order valence-electron chi connectivity index (χ1n) is 5.37. The number of aliphatic hydroxyl groups is 1. The van der Waals surface area contributed by atoms with Gasteiger partial charge in [0.1, 0.15) is 0 Å². The molecule has 3 heteroatoms. The number of hydrogen-bond donors (Lipinski definition) is 2. The predicted molar refractivity (Wildman–Crippen MR) is 60.4 cm³/mol. The summed E-state index contributed by atoms with van der Waals surface area (Å²) in [5.41, 5.74) is 2.77. The Kier molecular flexibility index (Phi) is 5.53. The summed E-state index contributed by atoms with van der Waals surface area (Å²) >= 11 is 5.55. The highest BCUT2D eigenvalue weighted by molar-refractivity contribution is 6.25. The topological polar surface area (TPSA) is 32.3 Å². The molecule has 0 heterocycles. The predicted octanol–water partition coefficient (Wildman–Crippen LogP) is 2.27. The number of hydrogen-bond acceptors (Lipinski definition) is 2. The summed E-state index contributed by atoms with van der Waals surface area (Å²) in [4.78, 5) is 0. The number of rotatable bonds is 4. The van der Waals surface area contributed by atoms with Crippen molar-refractivity contribution in [2.75, 3.05) is 13.1 Å². The largest absolute Gasteiger partial charge is 0.393 e. The molecule has 2 atom stereocenters. The lowest BCUT2D eigenvalue weighted by Gasteiger charge is -2.26. The maximum atomic E-state index is 9.47. The highest BCUT2D eigenvalue weighted by Gasteiger charge is 2.19. The van der Waals surface area contributed by atoms with Gasteiger partial charge in [-0.05, 0) is 44.2 Å². The highest BCUT2D eigenvalue weighted by atomic mass is 35.5. The second kappa shape index (κ2) is 6.44. The van der Waals surface area contributed by atoms with Gasteiger partial charge in [-0.3, -0.25) is 0 Å². The lowest BCUT2D eigenvalue weighted by atomic mass is 9.87. The molecule has 0 saturated heterocycles. The maximum absolute atomic E-state index is 9.47. The minimum atomic E-state index is -0.0692. The van der Waals surface area contributed by atoms with Crippen molar-refractivity contribution < 1.29 is 5.11 Å². The van der Waals surface area contributed by atoms with Crippen molar-refractivity contribution in [3.8, 4) is 0 Å². The third-order valence-corrected chi connectivity index (χ3v) is 3.15. The molecule has 0 aromatic carbocycles. The molecular formula is C11H20ClNO. The molecule has 0 bridgehead atoms. The zero-order chi connectivity index (χ0) is 10.4. The van der Waals surface area contributed by atoms with Gasteiger partial charge in [-0.15, -0.1) is 0 Å². The molecule has 0 spiro atoms. The van der Waals surface area contributed by atoms with E-state index in [4.69, 9.17) is 11.6 Å². The van der Waals surface area contributed by atoms with Crippen molar-refractivity contribution in [2.45, 2.75) is 38.7 Å². The van der Waals surface area contributed by atoms with Gasteiger partial charge in [0.05, 0.1) is 6.10 Å². The molecule has 0 radical (unpaired) electrons. The number of halogens is 1. The number of nitrogens with one attached hydrogen (secondary N) is 1. The van der Waals surface area contributed by atoms with Crippen molar-refractivity contribution >= 4 is 11.6 Å². The smallest absolute Gasteiger partial charge is 0.0543 e. The fraction of sp³-hybridized carbons (Fsp3) is 0.818. The van der Waals surface area contributed by atoms with Crippen LogP contribution in [0.4, 0.5) is 0 Å². The molecule has 1 fully saturated rings. The highest BCUT2D eigenvalue weighted by Crippen LogP contribution is 2.23. The van der Waals surface area contributed by atoms with Crippen LogP contribution < -0.4 is 5.32 Å². The van der Waals surface area contributed by atoms with Crippen LogP contribution in [0, 0.1) is 5.92 Å². The number of aliphatic hydroxyl groups excluding tert-OH is 1. The van der Waals surface area contributed by atoms with Crippen molar-refractivity contribution in [1.82, 2.24) is 5.32 Å². The van der Waals surface area contributed by atoms with E-state index in [0.717, 1.165) is 37.9 Å². The molecular weight excluding hydrogens is 198 g/mol. The summed E-state index contributed by atoms with van der Waals surface area (Å²) in [6, 6.07) is 0. The molecule has 2 nitrogen and oxygen atoms in total. The van der Waals surface area contributed by atoms with E-state index in [1.54, 1.807) is 5.54 Å². The molecule has 2 unspecified atom stereocenters. The van der Waals surface area contributed by atoms with Gasteiger partial charge in [0, 0.05) is 12.1 Å². The monoisotopic (exact) mass is 217 g/mol. The summed E-state index contributed by atoms with van der Waals surface area (Å²) in [5, 5.41) is 12.8. The van der Waals surface area contributed by atoms with E-state index in [9.17, 15) is 5.11 Å². The first-order valence-corrected chi connectivity index (χ1v) is 5.80. The van der Waals surface area contributed by atoms with Crippen molar-refractivity contribution in [3.63, 3.8) is 0 Å². The molecule has 0 aromatic heterocycles. The van der Waals surface area contributed by atoms with Crippen LogP contribution in [0.1, 0.15) is 32.6 Å². The van der Waals surface area contributed by atoms with Gasteiger partial charge in [-0.2, -0.15) is 0 Å². The van der Waals surface area contributed by atoms with Gasteiger partial charge >= 0.3 is 0 Å². The Morgan fingerprint density at radius 3 is 3.00 bits per heavy atom. The summed E-state index contributed by atoms with van der Waals surface area (Å²) in [6.45, 7) is 3.87. The van der Waals surface area contributed by atoms with Crippen molar-refractivity contribution in [3.05, 3.63) is 11.1 Å². The van der Waals surface area contributed by atoms with E-state index in [1.807, 2.05) is 6.92 Å². The maximum Gasteiger partial charge on any atom is 0.0543 e. The van der Waals surface area contributed by atoms with Crippen LogP contribution in [0.3, 0.4) is 0 Å². The Hall–Kier alpha value is -0.0500. The average molecular weight is 218 g/mol. The summed E-state index contributed by atoms with van der Waals surface area (Å²) in [7, 11) is 0. The average Bonchev–Trinajstić information content (AvgIpc) is 2.17. The molecule has 0 aromatic rings. The fourth-order valence-electron chi connectivity index (χ4n) is 1.96. The van der Waals surface area contributed by atoms with Crippen LogP contribution in [-0.2, 0) is 0 Å². The van der Waals surface area contributed by atoms with Gasteiger partial charge in [0.25, 0.3) is 0 Å². The van der Waals surface area contributed by atoms with Crippen molar-refractivity contribution in [1.29, 1.82) is 0 Å². The lowest BCUT2D eigenvalue weighted by Crippen LogP contribution is -2.29. The Balaban J connectivity index is 2.11. The van der Waals surface area contributed by atoms with Gasteiger partial charge in [0.15, 0.2) is 0 Å². The first kappa shape index (κ1) is 12.0. The van der Waals surface area contributed by atoms with Crippen LogP contribution >= 0.6 is 11.6 Å². The summed E-state index contributed by atoms with van der Waals surface area (Å²) < 4.78 is 0. The zero-order valence-electron chi connectivity index (χ0n) is 8.80. The Morgan fingerprint density at radius 2 is 2.36 bits per heavy atom. The SMILES string of the molecule is CC(=CCl)CNCC1CCCC(O)C1. The van der Waals surface area contributed by atoms with Gasteiger partial charge in [-0.1, -0.05) is 18.0 Å². The Bertz CT molecular complexity index is 194. The third-order valence-electron chi connectivity index (χ3n) is 2.78.